The van der Waals surface area contributed by atoms with Crippen LogP contribution < -0.4 is 10.2 Å². The smallest absolute Gasteiger partial charge is 0.238 e. The summed E-state index contributed by atoms with van der Waals surface area (Å²) in [6, 6.07) is 12.0. The molecule has 0 aliphatic carbocycles. The van der Waals surface area contributed by atoms with Crippen LogP contribution in [0.1, 0.15) is 11.4 Å². The van der Waals surface area contributed by atoms with E-state index in [1.54, 1.807) is 24.4 Å². The fraction of sp³-hybridized carbons (Fsp3) is 0.318. The first-order valence-corrected chi connectivity index (χ1v) is 10.0. The molecule has 0 bridgehead atoms. The van der Waals surface area contributed by atoms with Crippen LogP contribution in [0.25, 0.3) is 5.82 Å². The molecule has 7 nitrogen and oxygen atoms in total. The molecule has 3 aromatic rings. The van der Waals surface area contributed by atoms with Crippen molar-refractivity contribution in [2.45, 2.75) is 13.8 Å². The number of carbonyl (C=O) groups is 1. The zero-order valence-electron chi connectivity index (χ0n) is 17.2. The second-order valence-corrected chi connectivity index (χ2v) is 7.41. The van der Waals surface area contributed by atoms with E-state index in [0.717, 1.165) is 49.1 Å². The largest absolute Gasteiger partial charge is 0.366 e. The maximum atomic E-state index is 13.7. The lowest BCUT2D eigenvalue weighted by Crippen LogP contribution is -2.49. The van der Waals surface area contributed by atoms with Crippen LogP contribution in [0, 0.1) is 19.7 Å². The van der Waals surface area contributed by atoms with E-state index in [4.69, 9.17) is 0 Å². The number of nitrogens with zero attached hydrogens (tertiary/aromatic N) is 5. The number of pyridine rings is 1. The number of piperazine rings is 1. The number of nitrogens with one attached hydrogen (secondary N) is 1. The summed E-state index contributed by atoms with van der Waals surface area (Å²) in [4.78, 5) is 21.1. The van der Waals surface area contributed by atoms with Crippen LogP contribution in [-0.2, 0) is 4.79 Å². The third-order valence-electron chi connectivity index (χ3n) is 5.32. The van der Waals surface area contributed by atoms with Gasteiger partial charge in [0.2, 0.25) is 5.91 Å². The van der Waals surface area contributed by atoms with Crippen LogP contribution in [0.2, 0.25) is 0 Å². The summed E-state index contributed by atoms with van der Waals surface area (Å²) in [5, 5.41) is 7.33. The van der Waals surface area contributed by atoms with Gasteiger partial charge in [0.05, 0.1) is 29.3 Å². The molecule has 0 unspecified atom stereocenters. The van der Waals surface area contributed by atoms with E-state index in [0.29, 0.717) is 0 Å². The molecule has 156 valence electrons. The highest BCUT2D eigenvalue weighted by Gasteiger charge is 2.24. The first-order valence-electron chi connectivity index (χ1n) is 10.0. The van der Waals surface area contributed by atoms with Crippen molar-refractivity contribution in [3.8, 4) is 5.82 Å². The highest BCUT2D eigenvalue weighted by molar-refractivity contribution is 5.92. The maximum absolute atomic E-state index is 13.7. The van der Waals surface area contributed by atoms with Crippen molar-refractivity contribution in [3.05, 3.63) is 65.9 Å². The molecule has 1 aromatic carbocycles. The molecule has 3 heterocycles. The van der Waals surface area contributed by atoms with Crippen molar-refractivity contribution in [1.82, 2.24) is 19.7 Å². The molecule has 4 rings (SSSR count). The van der Waals surface area contributed by atoms with Crippen LogP contribution in [0.4, 0.5) is 15.8 Å². The molecule has 1 aliphatic rings. The lowest BCUT2D eigenvalue weighted by atomic mass is 10.2. The normalized spacial score (nSPS) is 14.7. The van der Waals surface area contributed by atoms with Crippen LogP contribution in [0.5, 0.6) is 0 Å². The maximum Gasteiger partial charge on any atom is 0.238 e. The van der Waals surface area contributed by atoms with Gasteiger partial charge in [0, 0.05) is 32.4 Å². The fourth-order valence-electron chi connectivity index (χ4n) is 3.88. The van der Waals surface area contributed by atoms with Gasteiger partial charge >= 0.3 is 0 Å². The molecule has 1 amide bonds. The average Bonchev–Trinajstić information content (AvgIpc) is 3.05. The lowest BCUT2D eigenvalue weighted by molar-refractivity contribution is -0.117. The molecule has 1 fully saturated rings. The number of hydrogen-bond donors (Lipinski definition) is 1. The molecule has 30 heavy (non-hydrogen) atoms. The van der Waals surface area contributed by atoms with E-state index in [9.17, 15) is 9.18 Å². The molecule has 1 saturated heterocycles. The van der Waals surface area contributed by atoms with Gasteiger partial charge in [-0.3, -0.25) is 9.69 Å². The number of hydrogen-bond acceptors (Lipinski definition) is 5. The summed E-state index contributed by atoms with van der Waals surface area (Å²) in [5.74, 6) is 0.170. The van der Waals surface area contributed by atoms with Crippen molar-refractivity contribution in [2.75, 3.05) is 42.9 Å². The SMILES string of the molecule is Cc1nn(-c2ccccn2)c(C)c1N1CCN(CC(=O)Nc2ccccc2F)CC1. The summed E-state index contributed by atoms with van der Waals surface area (Å²) >= 11 is 0. The molecule has 0 radical (unpaired) electrons. The van der Waals surface area contributed by atoms with E-state index < -0.39 is 5.82 Å². The van der Waals surface area contributed by atoms with E-state index in [2.05, 4.69) is 32.1 Å². The number of aryl methyl sites for hydroxylation is 1. The summed E-state index contributed by atoms with van der Waals surface area (Å²) in [7, 11) is 0. The second kappa shape index (κ2) is 8.62. The lowest BCUT2D eigenvalue weighted by Gasteiger charge is -2.35. The van der Waals surface area contributed by atoms with Crippen molar-refractivity contribution in [2.24, 2.45) is 0 Å². The van der Waals surface area contributed by atoms with Crippen LogP contribution in [0.15, 0.2) is 48.7 Å². The Bertz CT molecular complexity index is 1030. The predicted molar refractivity (Wildman–Crippen MR) is 115 cm³/mol. The number of rotatable bonds is 5. The Hall–Kier alpha value is -3.26. The summed E-state index contributed by atoms with van der Waals surface area (Å²) < 4.78 is 15.6. The summed E-state index contributed by atoms with van der Waals surface area (Å²) in [6.45, 7) is 7.39. The van der Waals surface area contributed by atoms with Gasteiger partial charge in [0.1, 0.15) is 5.82 Å². The molecule has 0 spiro atoms. The van der Waals surface area contributed by atoms with E-state index in [1.165, 1.54) is 6.07 Å². The van der Waals surface area contributed by atoms with Crippen molar-refractivity contribution in [3.63, 3.8) is 0 Å². The summed E-state index contributed by atoms with van der Waals surface area (Å²) in [5.41, 5.74) is 3.35. The van der Waals surface area contributed by atoms with Crippen LogP contribution in [-0.4, -0.2) is 58.3 Å². The van der Waals surface area contributed by atoms with Gasteiger partial charge in [0.15, 0.2) is 5.82 Å². The fourth-order valence-corrected chi connectivity index (χ4v) is 3.88. The molecular formula is C22H25FN6O. The topological polar surface area (TPSA) is 66.3 Å². The molecular weight excluding hydrogens is 383 g/mol. The molecule has 0 saturated carbocycles. The Morgan fingerprint density at radius 1 is 1.07 bits per heavy atom. The van der Waals surface area contributed by atoms with E-state index in [1.807, 2.05) is 29.8 Å². The van der Waals surface area contributed by atoms with E-state index in [-0.39, 0.29) is 18.1 Å². The number of anilines is 2. The van der Waals surface area contributed by atoms with Gasteiger partial charge in [-0.1, -0.05) is 18.2 Å². The zero-order valence-corrected chi connectivity index (χ0v) is 17.2. The number of carbonyl (C=O) groups excluding carboxylic acids is 1. The second-order valence-electron chi connectivity index (χ2n) is 7.41. The van der Waals surface area contributed by atoms with Gasteiger partial charge in [-0.05, 0) is 38.1 Å². The summed E-state index contributed by atoms with van der Waals surface area (Å²) in [6.07, 6.45) is 1.76. The Balaban J connectivity index is 1.38. The number of benzene rings is 1. The molecule has 1 aliphatic heterocycles. The number of amides is 1. The van der Waals surface area contributed by atoms with Crippen molar-refractivity contribution in [1.29, 1.82) is 0 Å². The zero-order chi connectivity index (χ0) is 21.1. The van der Waals surface area contributed by atoms with Gasteiger partial charge in [-0.25, -0.2) is 14.1 Å². The minimum Gasteiger partial charge on any atom is -0.366 e. The Kier molecular flexibility index (Phi) is 5.76. The highest BCUT2D eigenvalue weighted by Crippen LogP contribution is 2.27. The first kappa shape index (κ1) is 20.0. The predicted octanol–water partition coefficient (Wildman–Crippen LogP) is 2.78. The highest BCUT2D eigenvalue weighted by atomic mass is 19.1. The van der Waals surface area contributed by atoms with Crippen LogP contribution >= 0.6 is 0 Å². The number of halogens is 1. The first-order chi connectivity index (χ1) is 14.5. The average molecular weight is 408 g/mol. The van der Waals surface area contributed by atoms with Gasteiger partial charge in [0.25, 0.3) is 0 Å². The number of aromatic nitrogens is 3. The molecule has 0 atom stereocenters. The van der Waals surface area contributed by atoms with Gasteiger partial charge in [-0.15, -0.1) is 0 Å². The van der Waals surface area contributed by atoms with Gasteiger partial charge in [-0.2, -0.15) is 5.10 Å². The molecule has 1 N–H and O–H groups in total. The quantitative estimate of drug-likeness (QED) is 0.703. The van der Waals surface area contributed by atoms with Crippen molar-refractivity contribution >= 4 is 17.3 Å². The third-order valence-corrected chi connectivity index (χ3v) is 5.32. The van der Waals surface area contributed by atoms with E-state index >= 15 is 0 Å². The van der Waals surface area contributed by atoms with Crippen molar-refractivity contribution < 1.29 is 9.18 Å². The Morgan fingerprint density at radius 3 is 2.50 bits per heavy atom. The minimum absolute atomic E-state index is 0.205. The Labute approximate surface area is 175 Å². The van der Waals surface area contributed by atoms with Crippen LogP contribution in [0.3, 0.4) is 0 Å². The Morgan fingerprint density at radius 2 is 1.80 bits per heavy atom. The third kappa shape index (κ3) is 4.18. The minimum atomic E-state index is -0.425. The monoisotopic (exact) mass is 408 g/mol. The standard InChI is InChI=1S/C22H25FN6O/c1-16-22(17(2)29(26-16)20-9-5-6-10-24-20)28-13-11-27(12-14-28)15-21(30)25-19-8-4-3-7-18(19)23/h3-10H,11-15H2,1-2H3,(H,25,30). The van der Waals surface area contributed by atoms with Gasteiger partial charge < -0.3 is 10.2 Å². The molecule has 2 aromatic heterocycles. The number of para-hydroxylation sites is 1. The molecule has 8 heteroatoms.